The number of amides is 1. The first-order valence-corrected chi connectivity index (χ1v) is 8.91. The number of nitrogens with two attached hydrogens (primary N) is 1. The van der Waals surface area contributed by atoms with Crippen LogP contribution in [-0.2, 0) is 14.8 Å². The summed E-state index contributed by atoms with van der Waals surface area (Å²) in [5.41, 5.74) is 5.11. The number of rotatable bonds is 5. The smallest absolute Gasteiger partial charge is 0.264 e. The SMILES string of the molecule is NC(=O)CN(c1ccc(F)c(Cl)c1)S(=O)(=O)c1ccc(Cl)c(Cl)c1. The molecule has 0 fully saturated rings. The first-order valence-electron chi connectivity index (χ1n) is 6.34. The van der Waals surface area contributed by atoms with E-state index < -0.39 is 28.3 Å². The zero-order valence-electron chi connectivity index (χ0n) is 11.8. The second-order valence-electron chi connectivity index (χ2n) is 4.65. The highest BCUT2D eigenvalue weighted by atomic mass is 35.5. The van der Waals surface area contributed by atoms with Gasteiger partial charge in [0.2, 0.25) is 5.91 Å². The van der Waals surface area contributed by atoms with Crippen LogP contribution >= 0.6 is 34.8 Å². The number of hydrogen-bond donors (Lipinski definition) is 1. The molecule has 0 saturated carbocycles. The molecule has 2 aromatic carbocycles. The average Bonchev–Trinajstić information content (AvgIpc) is 2.50. The summed E-state index contributed by atoms with van der Waals surface area (Å²) in [6.45, 7) is -0.662. The van der Waals surface area contributed by atoms with Gasteiger partial charge in [0, 0.05) is 0 Å². The van der Waals surface area contributed by atoms with Crippen LogP contribution in [-0.4, -0.2) is 20.9 Å². The van der Waals surface area contributed by atoms with Crippen molar-refractivity contribution < 1.29 is 17.6 Å². The summed E-state index contributed by atoms with van der Waals surface area (Å²) in [5, 5.41) is -0.109. The lowest BCUT2D eigenvalue weighted by molar-refractivity contribution is -0.116. The zero-order chi connectivity index (χ0) is 18.1. The molecule has 0 atom stereocenters. The van der Waals surface area contributed by atoms with Gasteiger partial charge in [0.25, 0.3) is 10.0 Å². The molecule has 0 aliphatic heterocycles. The molecule has 0 aliphatic carbocycles. The molecule has 128 valence electrons. The van der Waals surface area contributed by atoms with Gasteiger partial charge in [0.1, 0.15) is 12.4 Å². The summed E-state index contributed by atoms with van der Waals surface area (Å²) < 4.78 is 39.6. The number of benzene rings is 2. The van der Waals surface area contributed by atoms with Crippen molar-refractivity contribution in [2.24, 2.45) is 5.73 Å². The van der Waals surface area contributed by atoms with E-state index in [9.17, 15) is 17.6 Å². The molecule has 0 aliphatic rings. The Morgan fingerprint density at radius 2 is 1.71 bits per heavy atom. The molecule has 2 aromatic rings. The minimum atomic E-state index is -4.21. The van der Waals surface area contributed by atoms with Crippen molar-refractivity contribution in [3.05, 3.63) is 57.3 Å². The predicted octanol–water partition coefficient (Wildman–Crippen LogP) is 3.47. The van der Waals surface area contributed by atoms with Crippen LogP contribution in [0.1, 0.15) is 0 Å². The van der Waals surface area contributed by atoms with Gasteiger partial charge < -0.3 is 5.73 Å². The Morgan fingerprint density at radius 3 is 2.25 bits per heavy atom. The Morgan fingerprint density at radius 1 is 1.04 bits per heavy atom. The third kappa shape index (κ3) is 3.92. The molecule has 0 heterocycles. The van der Waals surface area contributed by atoms with E-state index in [0.29, 0.717) is 4.31 Å². The molecule has 0 spiro atoms. The van der Waals surface area contributed by atoms with Crippen molar-refractivity contribution in [3.63, 3.8) is 0 Å². The molecule has 2 N–H and O–H groups in total. The second kappa shape index (κ2) is 7.14. The van der Waals surface area contributed by atoms with Crippen LogP contribution in [0.2, 0.25) is 15.1 Å². The monoisotopic (exact) mass is 410 g/mol. The van der Waals surface area contributed by atoms with Crippen LogP contribution in [0.15, 0.2) is 41.3 Å². The Hall–Kier alpha value is -1.54. The van der Waals surface area contributed by atoms with E-state index >= 15 is 0 Å². The standard InChI is InChI=1S/C14H10Cl3FN2O3S/c15-10-3-2-9(6-11(10)16)24(22,23)20(7-14(19)21)8-1-4-13(18)12(17)5-8/h1-6H,7H2,(H2,19,21). The Kier molecular flexibility index (Phi) is 5.59. The molecule has 10 heteroatoms. The lowest BCUT2D eigenvalue weighted by atomic mass is 10.3. The highest BCUT2D eigenvalue weighted by molar-refractivity contribution is 7.92. The Bertz CT molecular complexity index is 906. The molecule has 0 aromatic heterocycles. The maximum absolute atomic E-state index is 13.3. The lowest BCUT2D eigenvalue weighted by Gasteiger charge is -2.23. The first kappa shape index (κ1) is 18.8. The third-order valence-corrected chi connectivity index (χ3v) is 5.77. The maximum Gasteiger partial charge on any atom is 0.264 e. The number of sulfonamides is 1. The summed E-state index contributed by atoms with van der Waals surface area (Å²) in [5.74, 6) is -1.63. The van der Waals surface area contributed by atoms with Gasteiger partial charge in [-0.2, -0.15) is 0 Å². The van der Waals surface area contributed by atoms with Gasteiger partial charge >= 0.3 is 0 Å². The summed E-state index contributed by atoms with van der Waals surface area (Å²) >= 11 is 17.3. The van der Waals surface area contributed by atoms with Crippen LogP contribution in [0.5, 0.6) is 0 Å². The first-order chi connectivity index (χ1) is 11.1. The van der Waals surface area contributed by atoms with Crippen LogP contribution in [0.4, 0.5) is 10.1 Å². The number of hydrogen-bond acceptors (Lipinski definition) is 3. The molecule has 0 bridgehead atoms. The van der Waals surface area contributed by atoms with Crippen LogP contribution < -0.4 is 10.0 Å². The summed E-state index contributed by atoms with van der Waals surface area (Å²) in [6.07, 6.45) is 0. The fraction of sp³-hybridized carbons (Fsp3) is 0.0714. The maximum atomic E-state index is 13.3. The van der Waals surface area contributed by atoms with E-state index in [0.717, 1.165) is 18.2 Å². The summed E-state index contributed by atoms with van der Waals surface area (Å²) in [4.78, 5) is 11.1. The number of anilines is 1. The molecular weight excluding hydrogens is 402 g/mol. The van der Waals surface area contributed by atoms with Gasteiger partial charge in [-0.3, -0.25) is 9.10 Å². The topological polar surface area (TPSA) is 80.5 Å². The van der Waals surface area contributed by atoms with Gasteiger partial charge in [0.15, 0.2) is 0 Å². The largest absolute Gasteiger partial charge is 0.368 e. The van der Waals surface area contributed by atoms with Crippen LogP contribution in [0.3, 0.4) is 0 Å². The quantitative estimate of drug-likeness (QED) is 0.818. The minimum Gasteiger partial charge on any atom is -0.368 e. The molecule has 2 rings (SSSR count). The molecule has 24 heavy (non-hydrogen) atoms. The van der Waals surface area contributed by atoms with Crippen LogP contribution in [0.25, 0.3) is 0 Å². The van der Waals surface area contributed by atoms with Gasteiger partial charge in [-0.05, 0) is 36.4 Å². The van der Waals surface area contributed by atoms with Crippen LogP contribution in [0, 0.1) is 5.82 Å². The van der Waals surface area contributed by atoms with E-state index in [1.165, 1.54) is 18.2 Å². The van der Waals surface area contributed by atoms with E-state index in [2.05, 4.69) is 0 Å². The van der Waals surface area contributed by atoms with Crippen molar-refractivity contribution >= 4 is 56.4 Å². The number of primary amides is 1. The van der Waals surface area contributed by atoms with Crippen molar-refractivity contribution in [3.8, 4) is 0 Å². The minimum absolute atomic E-state index is 0.0220. The van der Waals surface area contributed by atoms with E-state index in [1.807, 2.05) is 0 Å². The highest BCUT2D eigenvalue weighted by Crippen LogP contribution is 2.30. The van der Waals surface area contributed by atoms with Crippen molar-refractivity contribution in [1.29, 1.82) is 0 Å². The number of carbonyl (C=O) groups is 1. The van der Waals surface area contributed by atoms with Gasteiger partial charge in [-0.1, -0.05) is 34.8 Å². The Labute approximate surface area is 152 Å². The van der Waals surface area contributed by atoms with Gasteiger partial charge in [-0.15, -0.1) is 0 Å². The fourth-order valence-corrected chi connectivity index (χ4v) is 3.85. The molecule has 0 radical (unpaired) electrons. The molecular formula is C14H10Cl3FN2O3S. The lowest BCUT2D eigenvalue weighted by Crippen LogP contribution is -2.38. The third-order valence-electron chi connectivity index (χ3n) is 2.97. The molecule has 1 amide bonds. The molecule has 0 unspecified atom stereocenters. The molecule has 5 nitrogen and oxygen atoms in total. The number of nitrogens with zero attached hydrogens (tertiary/aromatic N) is 1. The summed E-state index contributed by atoms with van der Waals surface area (Å²) in [6, 6.07) is 6.89. The highest BCUT2D eigenvalue weighted by Gasteiger charge is 2.27. The van der Waals surface area contributed by atoms with Crippen molar-refractivity contribution in [2.75, 3.05) is 10.8 Å². The van der Waals surface area contributed by atoms with E-state index in [4.69, 9.17) is 40.5 Å². The van der Waals surface area contributed by atoms with Gasteiger partial charge in [-0.25, -0.2) is 12.8 Å². The zero-order valence-corrected chi connectivity index (χ0v) is 14.9. The normalized spacial score (nSPS) is 11.3. The van der Waals surface area contributed by atoms with Crippen molar-refractivity contribution in [1.82, 2.24) is 0 Å². The predicted molar refractivity (Wildman–Crippen MR) is 91.6 cm³/mol. The number of halogens is 4. The van der Waals surface area contributed by atoms with E-state index in [1.54, 1.807) is 0 Å². The second-order valence-corrected chi connectivity index (χ2v) is 7.74. The van der Waals surface area contributed by atoms with Gasteiger partial charge in [0.05, 0.1) is 25.7 Å². The average molecular weight is 412 g/mol. The number of carbonyl (C=O) groups excluding carboxylic acids is 1. The van der Waals surface area contributed by atoms with Crippen molar-refractivity contribution in [2.45, 2.75) is 4.90 Å². The Balaban J connectivity index is 2.59. The summed E-state index contributed by atoms with van der Waals surface area (Å²) in [7, 11) is -4.21. The van der Waals surface area contributed by atoms with E-state index in [-0.39, 0.29) is 25.7 Å². The fourth-order valence-electron chi connectivity index (χ4n) is 1.86. The molecule has 0 saturated heterocycles.